The van der Waals surface area contributed by atoms with Crippen LogP contribution in [0.15, 0.2) is 0 Å². The Hall–Kier alpha value is -0.610. The summed E-state index contributed by atoms with van der Waals surface area (Å²) in [5.41, 5.74) is 0.305. The normalized spacial score (nSPS) is 40.3. The highest BCUT2D eigenvalue weighted by Crippen LogP contribution is 2.55. The van der Waals surface area contributed by atoms with Crippen molar-refractivity contribution in [1.82, 2.24) is 0 Å². The van der Waals surface area contributed by atoms with Crippen molar-refractivity contribution in [2.75, 3.05) is 0 Å². The predicted molar refractivity (Wildman–Crippen MR) is 87.9 cm³/mol. The molecule has 0 radical (unpaired) electrons. The number of fused-ring (bicyclic) bond motifs is 1. The molecule has 0 aromatic heterocycles. The van der Waals surface area contributed by atoms with E-state index in [9.17, 15) is 9.90 Å². The molecule has 1 aliphatic heterocycles. The van der Waals surface area contributed by atoms with Crippen LogP contribution in [0.2, 0.25) is 0 Å². The average molecular weight is 324 g/mol. The third-order valence-corrected chi connectivity index (χ3v) is 7.02. The van der Waals surface area contributed by atoms with E-state index >= 15 is 0 Å². The molecule has 0 aromatic carbocycles. The van der Waals surface area contributed by atoms with Gasteiger partial charge in [-0.05, 0) is 68.6 Å². The Morgan fingerprint density at radius 3 is 2.30 bits per heavy atom. The number of hydrogen-bond acceptors (Lipinski definition) is 4. The Morgan fingerprint density at radius 2 is 1.74 bits per heavy atom. The second-order valence-corrected chi connectivity index (χ2v) is 7.89. The van der Waals surface area contributed by atoms with Gasteiger partial charge in [-0.25, -0.2) is 0 Å². The van der Waals surface area contributed by atoms with Gasteiger partial charge in [0.25, 0.3) is 0 Å². The van der Waals surface area contributed by atoms with Gasteiger partial charge in [0.2, 0.25) is 0 Å². The number of esters is 1. The third kappa shape index (κ3) is 3.30. The smallest absolute Gasteiger partial charge is 0.302 e. The van der Waals surface area contributed by atoms with Crippen LogP contribution in [0.1, 0.15) is 72.1 Å². The highest BCUT2D eigenvalue weighted by molar-refractivity contribution is 5.66. The van der Waals surface area contributed by atoms with E-state index in [4.69, 9.17) is 9.47 Å². The minimum absolute atomic E-state index is 0.283. The lowest BCUT2D eigenvalue weighted by molar-refractivity contribution is -0.159. The maximum atomic E-state index is 11.2. The van der Waals surface area contributed by atoms with E-state index < -0.39 is 6.10 Å². The van der Waals surface area contributed by atoms with E-state index in [0.29, 0.717) is 29.5 Å². The Kier molecular flexibility index (Phi) is 5.03. The number of epoxide rings is 1. The maximum Gasteiger partial charge on any atom is 0.302 e. The van der Waals surface area contributed by atoms with Crippen LogP contribution >= 0.6 is 0 Å². The molecule has 4 heteroatoms. The summed E-state index contributed by atoms with van der Waals surface area (Å²) in [4.78, 5) is 11.2. The summed E-state index contributed by atoms with van der Waals surface area (Å²) in [6.45, 7) is 6.05. The summed E-state index contributed by atoms with van der Waals surface area (Å²) in [6.07, 6.45) is 8.87. The zero-order valence-corrected chi connectivity index (χ0v) is 14.8. The molecule has 2 saturated carbocycles. The maximum absolute atomic E-state index is 11.2. The van der Waals surface area contributed by atoms with Crippen molar-refractivity contribution in [3.05, 3.63) is 0 Å². The van der Waals surface area contributed by atoms with Crippen LogP contribution in [0.3, 0.4) is 0 Å². The van der Waals surface area contributed by atoms with Gasteiger partial charge >= 0.3 is 5.97 Å². The van der Waals surface area contributed by atoms with Gasteiger partial charge in [0.15, 0.2) is 0 Å². The largest absolute Gasteiger partial charge is 0.460 e. The van der Waals surface area contributed by atoms with Gasteiger partial charge in [-0.15, -0.1) is 0 Å². The lowest BCUT2D eigenvalue weighted by Gasteiger charge is -2.50. The third-order valence-electron chi connectivity index (χ3n) is 7.02. The van der Waals surface area contributed by atoms with Gasteiger partial charge in [0, 0.05) is 6.92 Å². The van der Waals surface area contributed by atoms with E-state index in [1.807, 2.05) is 0 Å². The van der Waals surface area contributed by atoms with Gasteiger partial charge < -0.3 is 14.6 Å². The molecule has 0 amide bonds. The Labute approximate surface area is 139 Å². The van der Waals surface area contributed by atoms with Crippen molar-refractivity contribution >= 4 is 5.97 Å². The molecule has 3 rings (SSSR count). The van der Waals surface area contributed by atoms with Gasteiger partial charge in [-0.3, -0.25) is 4.79 Å². The van der Waals surface area contributed by atoms with Crippen LogP contribution < -0.4 is 0 Å². The summed E-state index contributed by atoms with van der Waals surface area (Å²) in [5, 5.41) is 10.5. The standard InChI is InChI=1S/C19H32O4/c1-4-19(5-2,14-7-9-17-18(11-14)23-17)13-6-8-16(15(21)10-13)22-12(3)20/h13-18,21H,4-11H2,1-3H3. The van der Waals surface area contributed by atoms with E-state index in [1.165, 1.54) is 39.0 Å². The molecule has 1 N–H and O–H groups in total. The van der Waals surface area contributed by atoms with Crippen molar-refractivity contribution in [2.45, 2.75) is 96.6 Å². The minimum Gasteiger partial charge on any atom is -0.460 e. The molecule has 2 aliphatic carbocycles. The summed E-state index contributed by atoms with van der Waals surface area (Å²) >= 11 is 0. The number of ether oxygens (including phenoxy) is 2. The quantitative estimate of drug-likeness (QED) is 0.621. The number of carbonyl (C=O) groups excluding carboxylic acids is 1. The number of aliphatic hydroxyl groups excluding tert-OH is 1. The van der Waals surface area contributed by atoms with Crippen molar-refractivity contribution in [3.8, 4) is 0 Å². The van der Waals surface area contributed by atoms with Crippen molar-refractivity contribution < 1.29 is 19.4 Å². The summed E-state index contributed by atoms with van der Waals surface area (Å²) < 4.78 is 11.0. The highest BCUT2D eigenvalue weighted by Gasteiger charge is 2.52. The molecule has 1 saturated heterocycles. The molecule has 132 valence electrons. The van der Waals surface area contributed by atoms with Crippen molar-refractivity contribution in [2.24, 2.45) is 17.3 Å². The van der Waals surface area contributed by atoms with Crippen LogP contribution in [0.25, 0.3) is 0 Å². The first-order chi connectivity index (χ1) is 11.0. The zero-order valence-electron chi connectivity index (χ0n) is 14.8. The SMILES string of the molecule is CCC(CC)(C1CCC(OC(C)=O)C(O)C1)C1CCC2OC2C1. The van der Waals surface area contributed by atoms with Crippen LogP contribution in [-0.4, -0.2) is 35.5 Å². The molecule has 6 unspecified atom stereocenters. The first-order valence-electron chi connectivity index (χ1n) is 9.50. The lowest BCUT2D eigenvalue weighted by atomic mass is 9.56. The van der Waals surface area contributed by atoms with Crippen LogP contribution in [0.5, 0.6) is 0 Å². The van der Waals surface area contributed by atoms with Crippen molar-refractivity contribution in [3.63, 3.8) is 0 Å². The molecular formula is C19H32O4. The number of carbonyl (C=O) groups is 1. The van der Waals surface area contributed by atoms with Crippen LogP contribution in [0, 0.1) is 17.3 Å². The molecule has 1 heterocycles. The van der Waals surface area contributed by atoms with Crippen LogP contribution in [-0.2, 0) is 14.3 Å². The highest BCUT2D eigenvalue weighted by atomic mass is 16.6. The Balaban J connectivity index is 1.69. The van der Waals surface area contributed by atoms with E-state index in [1.54, 1.807) is 0 Å². The zero-order chi connectivity index (χ0) is 16.6. The fourth-order valence-corrected chi connectivity index (χ4v) is 5.66. The van der Waals surface area contributed by atoms with Gasteiger partial charge in [0.1, 0.15) is 6.10 Å². The molecule has 6 atom stereocenters. The summed E-state index contributed by atoms with van der Waals surface area (Å²) in [7, 11) is 0. The van der Waals surface area contributed by atoms with Crippen molar-refractivity contribution in [1.29, 1.82) is 0 Å². The molecule has 0 bridgehead atoms. The monoisotopic (exact) mass is 324 g/mol. The number of hydrogen-bond donors (Lipinski definition) is 1. The molecule has 0 aromatic rings. The summed E-state index contributed by atoms with van der Waals surface area (Å²) in [5.74, 6) is 0.956. The van der Waals surface area contributed by atoms with Gasteiger partial charge in [-0.2, -0.15) is 0 Å². The molecule has 3 aliphatic rings. The summed E-state index contributed by atoms with van der Waals surface area (Å²) in [6, 6.07) is 0. The van der Waals surface area contributed by atoms with E-state index in [2.05, 4.69) is 13.8 Å². The Morgan fingerprint density at radius 1 is 1.09 bits per heavy atom. The molecule has 0 spiro atoms. The lowest BCUT2D eigenvalue weighted by Crippen LogP contribution is -2.46. The van der Waals surface area contributed by atoms with E-state index in [0.717, 1.165) is 19.3 Å². The number of aliphatic hydroxyl groups is 1. The second-order valence-electron chi connectivity index (χ2n) is 7.89. The number of rotatable bonds is 5. The molecular weight excluding hydrogens is 292 g/mol. The van der Waals surface area contributed by atoms with Crippen LogP contribution in [0.4, 0.5) is 0 Å². The topological polar surface area (TPSA) is 59.1 Å². The molecule has 23 heavy (non-hydrogen) atoms. The fourth-order valence-electron chi connectivity index (χ4n) is 5.66. The molecule has 3 fully saturated rings. The fraction of sp³-hybridized carbons (Fsp3) is 0.947. The van der Waals surface area contributed by atoms with Gasteiger partial charge in [0.05, 0.1) is 18.3 Å². The van der Waals surface area contributed by atoms with E-state index in [-0.39, 0.29) is 12.1 Å². The first-order valence-corrected chi connectivity index (χ1v) is 9.50. The molecule has 4 nitrogen and oxygen atoms in total. The minimum atomic E-state index is -0.511. The Bertz CT molecular complexity index is 431. The first kappa shape index (κ1) is 17.2. The predicted octanol–water partition coefficient (Wildman–Crippen LogP) is 3.45. The second kappa shape index (κ2) is 6.72. The van der Waals surface area contributed by atoms with Gasteiger partial charge in [-0.1, -0.05) is 13.8 Å². The average Bonchev–Trinajstić information content (AvgIpc) is 3.30.